The SMILES string of the molecule is Cc1ccc(C)c(-c2nc(C)oc2Br)c1. The second-order valence-corrected chi connectivity index (χ2v) is 4.39. The van der Waals surface area contributed by atoms with Crippen LogP contribution < -0.4 is 0 Å². The zero-order valence-electron chi connectivity index (χ0n) is 8.97. The quantitative estimate of drug-likeness (QED) is 0.778. The Labute approximate surface area is 97.5 Å². The molecule has 1 aromatic heterocycles. The molecule has 0 spiro atoms. The normalized spacial score (nSPS) is 10.7. The number of hydrogen-bond acceptors (Lipinski definition) is 2. The molecule has 1 aromatic carbocycles. The average molecular weight is 266 g/mol. The maximum absolute atomic E-state index is 5.37. The van der Waals surface area contributed by atoms with Crippen LogP contribution >= 0.6 is 15.9 Å². The van der Waals surface area contributed by atoms with Gasteiger partial charge >= 0.3 is 0 Å². The summed E-state index contributed by atoms with van der Waals surface area (Å²) in [5.41, 5.74) is 4.44. The van der Waals surface area contributed by atoms with Gasteiger partial charge in [0.15, 0.2) is 10.6 Å². The Morgan fingerprint density at radius 1 is 1.20 bits per heavy atom. The number of aromatic nitrogens is 1. The van der Waals surface area contributed by atoms with Crippen molar-refractivity contribution >= 4 is 15.9 Å². The molecule has 0 fully saturated rings. The molecule has 0 aliphatic rings. The zero-order chi connectivity index (χ0) is 11.0. The van der Waals surface area contributed by atoms with E-state index in [1.807, 2.05) is 6.92 Å². The highest BCUT2D eigenvalue weighted by atomic mass is 79.9. The first-order valence-electron chi connectivity index (χ1n) is 4.78. The molecule has 0 aliphatic heterocycles. The summed E-state index contributed by atoms with van der Waals surface area (Å²) in [5.74, 6) is 0.679. The Morgan fingerprint density at radius 2 is 1.93 bits per heavy atom. The highest BCUT2D eigenvalue weighted by Gasteiger charge is 2.12. The second kappa shape index (κ2) is 3.81. The van der Waals surface area contributed by atoms with E-state index in [2.05, 4.69) is 53.0 Å². The van der Waals surface area contributed by atoms with Gasteiger partial charge in [0.05, 0.1) is 0 Å². The molecule has 0 N–H and O–H groups in total. The molecule has 0 radical (unpaired) electrons. The molecule has 0 amide bonds. The summed E-state index contributed by atoms with van der Waals surface area (Å²) in [6.45, 7) is 5.99. The first-order chi connectivity index (χ1) is 7.08. The van der Waals surface area contributed by atoms with Crippen molar-refractivity contribution in [1.82, 2.24) is 4.98 Å². The molecular weight excluding hydrogens is 254 g/mol. The number of hydrogen-bond donors (Lipinski definition) is 0. The van der Waals surface area contributed by atoms with Crippen LogP contribution in [0.5, 0.6) is 0 Å². The second-order valence-electron chi connectivity index (χ2n) is 3.67. The van der Waals surface area contributed by atoms with Crippen LogP contribution in [0.3, 0.4) is 0 Å². The van der Waals surface area contributed by atoms with E-state index in [1.54, 1.807) is 0 Å². The number of nitrogens with zero attached hydrogens (tertiary/aromatic N) is 1. The summed E-state index contributed by atoms with van der Waals surface area (Å²) < 4.78 is 6.07. The topological polar surface area (TPSA) is 26.0 Å². The van der Waals surface area contributed by atoms with Crippen LogP contribution in [0.2, 0.25) is 0 Å². The van der Waals surface area contributed by atoms with Gasteiger partial charge in [0.2, 0.25) is 0 Å². The van der Waals surface area contributed by atoms with E-state index in [0.29, 0.717) is 10.6 Å². The van der Waals surface area contributed by atoms with E-state index in [1.165, 1.54) is 11.1 Å². The lowest BCUT2D eigenvalue weighted by Crippen LogP contribution is -1.86. The number of benzene rings is 1. The van der Waals surface area contributed by atoms with Gasteiger partial charge in [0.1, 0.15) is 5.69 Å². The highest BCUT2D eigenvalue weighted by Crippen LogP contribution is 2.31. The molecule has 3 heteroatoms. The van der Waals surface area contributed by atoms with Crippen LogP contribution in [0, 0.1) is 20.8 Å². The molecule has 0 saturated heterocycles. The van der Waals surface area contributed by atoms with Gasteiger partial charge in [-0.3, -0.25) is 0 Å². The average Bonchev–Trinajstić information content (AvgIpc) is 2.50. The van der Waals surface area contributed by atoms with Crippen LogP contribution in [-0.2, 0) is 0 Å². The van der Waals surface area contributed by atoms with E-state index >= 15 is 0 Å². The fourth-order valence-electron chi connectivity index (χ4n) is 1.56. The fraction of sp³-hybridized carbons (Fsp3) is 0.250. The maximum atomic E-state index is 5.37. The smallest absolute Gasteiger partial charge is 0.197 e. The lowest BCUT2D eigenvalue weighted by molar-refractivity contribution is 0.500. The predicted molar refractivity (Wildman–Crippen MR) is 63.9 cm³/mol. The van der Waals surface area contributed by atoms with E-state index in [0.717, 1.165) is 11.3 Å². The molecular formula is C12H12BrNO. The molecule has 0 saturated carbocycles. The van der Waals surface area contributed by atoms with Crippen LogP contribution in [0.1, 0.15) is 17.0 Å². The number of oxazole rings is 1. The third kappa shape index (κ3) is 1.97. The Bertz CT molecular complexity index is 502. The van der Waals surface area contributed by atoms with Gasteiger partial charge in [-0.2, -0.15) is 0 Å². The monoisotopic (exact) mass is 265 g/mol. The minimum absolute atomic E-state index is 0.679. The van der Waals surface area contributed by atoms with Crippen molar-refractivity contribution < 1.29 is 4.42 Å². The molecule has 0 aliphatic carbocycles. The van der Waals surface area contributed by atoms with E-state index in [4.69, 9.17) is 4.42 Å². The molecule has 2 rings (SSSR count). The maximum Gasteiger partial charge on any atom is 0.197 e. The number of halogens is 1. The largest absolute Gasteiger partial charge is 0.434 e. The Hall–Kier alpha value is -1.09. The summed E-state index contributed by atoms with van der Waals surface area (Å²) in [5, 5.41) is 0. The first kappa shape index (κ1) is 10.4. The Morgan fingerprint density at radius 3 is 2.53 bits per heavy atom. The van der Waals surface area contributed by atoms with Crippen LogP contribution in [0.4, 0.5) is 0 Å². The highest BCUT2D eigenvalue weighted by molar-refractivity contribution is 9.10. The first-order valence-corrected chi connectivity index (χ1v) is 5.58. The third-order valence-corrected chi connectivity index (χ3v) is 2.88. The molecule has 2 aromatic rings. The number of rotatable bonds is 1. The summed E-state index contributed by atoms with van der Waals surface area (Å²) in [6, 6.07) is 6.32. The van der Waals surface area contributed by atoms with Crippen LogP contribution in [0.25, 0.3) is 11.3 Å². The van der Waals surface area contributed by atoms with Gasteiger partial charge in [0.25, 0.3) is 0 Å². The zero-order valence-corrected chi connectivity index (χ0v) is 10.6. The molecule has 0 atom stereocenters. The molecule has 0 bridgehead atoms. The fourth-order valence-corrected chi connectivity index (χ4v) is 2.10. The van der Waals surface area contributed by atoms with Crippen molar-refractivity contribution in [2.75, 3.05) is 0 Å². The van der Waals surface area contributed by atoms with E-state index < -0.39 is 0 Å². The summed E-state index contributed by atoms with van der Waals surface area (Å²) in [4.78, 5) is 4.37. The minimum Gasteiger partial charge on any atom is -0.434 e. The Balaban J connectivity index is 2.62. The van der Waals surface area contributed by atoms with Gasteiger partial charge in [-0.15, -0.1) is 0 Å². The standard InChI is InChI=1S/C12H12BrNO/c1-7-4-5-8(2)10(6-7)11-12(13)15-9(3)14-11/h4-6H,1-3H3. The van der Waals surface area contributed by atoms with Crippen molar-refractivity contribution in [3.63, 3.8) is 0 Å². The molecule has 1 heterocycles. The van der Waals surface area contributed by atoms with Gasteiger partial charge < -0.3 is 4.42 Å². The van der Waals surface area contributed by atoms with Crippen molar-refractivity contribution in [3.05, 3.63) is 39.9 Å². The minimum atomic E-state index is 0.679. The number of aryl methyl sites for hydroxylation is 3. The van der Waals surface area contributed by atoms with Gasteiger partial charge in [-0.25, -0.2) is 4.98 Å². The summed E-state index contributed by atoms with van der Waals surface area (Å²) in [6.07, 6.45) is 0. The lowest BCUT2D eigenvalue weighted by atomic mass is 10.0. The van der Waals surface area contributed by atoms with Crippen LogP contribution in [-0.4, -0.2) is 4.98 Å². The van der Waals surface area contributed by atoms with Crippen LogP contribution in [0.15, 0.2) is 27.3 Å². The lowest BCUT2D eigenvalue weighted by Gasteiger charge is -2.03. The third-order valence-electron chi connectivity index (χ3n) is 2.34. The van der Waals surface area contributed by atoms with Gasteiger partial charge in [-0.1, -0.05) is 17.7 Å². The van der Waals surface area contributed by atoms with Crippen molar-refractivity contribution in [2.45, 2.75) is 20.8 Å². The van der Waals surface area contributed by atoms with Crippen molar-refractivity contribution in [3.8, 4) is 11.3 Å². The van der Waals surface area contributed by atoms with E-state index in [9.17, 15) is 0 Å². The van der Waals surface area contributed by atoms with Crippen molar-refractivity contribution in [2.24, 2.45) is 0 Å². The molecule has 78 valence electrons. The predicted octanol–water partition coefficient (Wildman–Crippen LogP) is 4.03. The van der Waals surface area contributed by atoms with Gasteiger partial charge in [0, 0.05) is 12.5 Å². The summed E-state index contributed by atoms with van der Waals surface area (Å²) >= 11 is 3.38. The summed E-state index contributed by atoms with van der Waals surface area (Å²) in [7, 11) is 0. The molecule has 2 nitrogen and oxygen atoms in total. The Kier molecular flexibility index (Phi) is 2.65. The molecule has 0 unspecified atom stereocenters. The molecule has 15 heavy (non-hydrogen) atoms. The van der Waals surface area contributed by atoms with Crippen molar-refractivity contribution in [1.29, 1.82) is 0 Å². The van der Waals surface area contributed by atoms with Gasteiger partial charge in [-0.05, 0) is 41.4 Å². The van der Waals surface area contributed by atoms with E-state index in [-0.39, 0.29) is 0 Å².